The van der Waals surface area contributed by atoms with Crippen molar-refractivity contribution in [2.24, 2.45) is 5.10 Å². The van der Waals surface area contributed by atoms with Crippen LogP contribution in [-0.4, -0.2) is 35.3 Å². The molecule has 2 N–H and O–H groups in total. The first-order valence-electron chi connectivity index (χ1n) is 7.36. The second-order valence-electron chi connectivity index (χ2n) is 5.32. The fourth-order valence-corrected chi connectivity index (χ4v) is 2.27. The van der Waals surface area contributed by atoms with Crippen LogP contribution in [0.15, 0.2) is 47.6 Å². The second kappa shape index (κ2) is 8.19. The van der Waals surface area contributed by atoms with E-state index in [0.29, 0.717) is 11.6 Å². The Hall–Kier alpha value is -2.91. The van der Waals surface area contributed by atoms with E-state index in [4.69, 9.17) is 16.8 Å². The Kier molecular flexibility index (Phi) is 6.19. The normalized spacial score (nSPS) is 11.5. The number of hydrogen-bond acceptors (Lipinski definition) is 4. The zero-order chi connectivity index (χ0) is 20.2. The van der Waals surface area contributed by atoms with Gasteiger partial charge in [0.05, 0.1) is 17.3 Å². The van der Waals surface area contributed by atoms with Crippen molar-refractivity contribution in [2.45, 2.75) is 6.18 Å². The average molecular weight is 400 g/mol. The summed E-state index contributed by atoms with van der Waals surface area (Å²) in [5.41, 5.74) is 0.418. The van der Waals surface area contributed by atoms with Crippen LogP contribution >= 0.6 is 11.6 Å². The van der Waals surface area contributed by atoms with Crippen LogP contribution < -0.4 is 5.48 Å². The van der Waals surface area contributed by atoms with Crippen LogP contribution in [0.5, 0.6) is 0 Å². The van der Waals surface area contributed by atoms with E-state index in [1.165, 1.54) is 49.1 Å². The van der Waals surface area contributed by atoms with Crippen molar-refractivity contribution in [3.63, 3.8) is 0 Å². The summed E-state index contributed by atoms with van der Waals surface area (Å²) in [6.45, 7) is 0. The third-order valence-corrected chi connectivity index (χ3v) is 3.70. The molecule has 0 saturated heterocycles. The molecule has 0 bridgehead atoms. The summed E-state index contributed by atoms with van der Waals surface area (Å²) < 4.78 is 39.4. The van der Waals surface area contributed by atoms with Crippen LogP contribution in [0.25, 0.3) is 0 Å². The molecule has 0 aliphatic heterocycles. The highest BCUT2D eigenvalue weighted by Gasteiger charge is 2.36. The summed E-state index contributed by atoms with van der Waals surface area (Å²) in [7, 11) is 1.21. The molecule has 10 heteroatoms. The SMILES string of the molecule is CN(N=Cc1ccc(C(=O)NO)cc1)C(=O)c1ccc(Cl)cc1C(F)(F)F. The molecule has 27 heavy (non-hydrogen) atoms. The van der Waals surface area contributed by atoms with Gasteiger partial charge in [0.25, 0.3) is 11.8 Å². The van der Waals surface area contributed by atoms with Gasteiger partial charge < -0.3 is 0 Å². The minimum atomic E-state index is -4.75. The van der Waals surface area contributed by atoms with Crippen molar-refractivity contribution in [2.75, 3.05) is 7.05 Å². The Morgan fingerprint density at radius 1 is 1.19 bits per heavy atom. The summed E-state index contributed by atoms with van der Waals surface area (Å²) >= 11 is 5.60. The Labute approximate surface area is 156 Å². The number of benzene rings is 2. The molecule has 0 aliphatic carbocycles. The zero-order valence-electron chi connectivity index (χ0n) is 13.8. The molecule has 0 saturated carbocycles. The molecular formula is C17H13ClF3N3O3. The minimum absolute atomic E-state index is 0.142. The number of carbonyl (C=O) groups excluding carboxylic acids is 2. The van der Waals surface area contributed by atoms with Crippen molar-refractivity contribution in [3.8, 4) is 0 Å². The lowest BCUT2D eigenvalue weighted by Gasteiger charge is -2.16. The van der Waals surface area contributed by atoms with E-state index in [1.54, 1.807) is 0 Å². The molecule has 0 atom stereocenters. The van der Waals surface area contributed by atoms with E-state index in [0.717, 1.165) is 11.1 Å². The number of carbonyl (C=O) groups is 2. The molecule has 0 radical (unpaired) electrons. The van der Waals surface area contributed by atoms with Gasteiger partial charge in [0.15, 0.2) is 0 Å². The van der Waals surface area contributed by atoms with Gasteiger partial charge in [-0.25, -0.2) is 10.5 Å². The van der Waals surface area contributed by atoms with E-state index >= 15 is 0 Å². The van der Waals surface area contributed by atoms with Gasteiger partial charge in [0.1, 0.15) is 0 Å². The Morgan fingerprint density at radius 3 is 2.37 bits per heavy atom. The van der Waals surface area contributed by atoms with Crippen LogP contribution in [-0.2, 0) is 6.18 Å². The Morgan fingerprint density at radius 2 is 1.81 bits per heavy atom. The molecule has 0 spiro atoms. The zero-order valence-corrected chi connectivity index (χ0v) is 14.5. The fraction of sp³-hybridized carbons (Fsp3) is 0.118. The van der Waals surface area contributed by atoms with E-state index in [1.807, 2.05) is 0 Å². The van der Waals surface area contributed by atoms with Gasteiger partial charge in [-0.05, 0) is 35.9 Å². The molecule has 0 unspecified atom stereocenters. The van der Waals surface area contributed by atoms with Gasteiger partial charge in [-0.1, -0.05) is 23.7 Å². The van der Waals surface area contributed by atoms with Crippen molar-refractivity contribution in [1.82, 2.24) is 10.5 Å². The number of rotatable bonds is 4. The number of hydroxylamine groups is 1. The summed E-state index contributed by atoms with van der Waals surface area (Å²) in [6.07, 6.45) is -3.51. The minimum Gasteiger partial charge on any atom is -0.288 e. The number of hydrogen-bond donors (Lipinski definition) is 2. The second-order valence-corrected chi connectivity index (χ2v) is 5.76. The van der Waals surface area contributed by atoms with Gasteiger partial charge in [-0.15, -0.1) is 0 Å². The third-order valence-electron chi connectivity index (χ3n) is 3.47. The van der Waals surface area contributed by atoms with Gasteiger partial charge >= 0.3 is 6.18 Å². The van der Waals surface area contributed by atoms with Crippen LogP contribution in [0, 0.1) is 0 Å². The van der Waals surface area contributed by atoms with Crippen LogP contribution in [0.1, 0.15) is 31.8 Å². The lowest BCUT2D eigenvalue weighted by molar-refractivity contribution is -0.138. The number of alkyl halides is 3. The number of nitrogens with zero attached hydrogens (tertiary/aromatic N) is 2. The Balaban J connectivity index is 2.21. The topological polar surface area (TPSA) is 82.0 Å². The van der Waals surface area contributed by atoms with Crippen molar-refractivity contribution >= 4 is 29.6 Å². The molecular weight excluding hydrogens is 387 g/mol. The van der Waals surface area contributed by atoms with Gasteiger partial charge in [0, 0.05) is 17.6 Å². The van der Waals surface area contributed by atoms with Crippen molar-refractivity contribution < 1.29 is 28.0 Å². The summed E-state index contributed by atoms with van der Waals surface area (Å²) in [6, 6.07) is 8.61. The molecule has 2 aromatic carbocycles. The predicted octanol–water partition coefficient (Wildman–Crippen LogP) is 3.58. The first-order valence-corrected chi connectivity index (χ1v) is 7.74. The average Bonchev–Trinajstić information content (AvgIpc) is 2.64. The molecule has 0 fully saturated rings. The van der Waals surface area contributed by atoms with E-state index < -0.39 is 29.1 Å². The predicted molar refractivity (Wildman–Crippen MR) is 91.8 cm³/mol. The summed E-state index contributed by atoms with van der Waals surface area (Å²) in [5.74, 6) is -1.67. The molecule has 0 aliphatic rings. The standard InChI is InChI=1S/C17H13ClF3N3O3/c1-24(22-9-10-2-4-11(5-3-10)15(25)23-27)16(26)13-7-6-12(18)8-14(13)17(19,20)21/h2-9,27H,1H3,(H,23,25). The fourth-order valence-electron chi connectivity index (χ4n) is 2.10. The van der Waals surface area contributed by atoms with Crippen LogP contribution in [0.3, 0.4) is 0 Å². The summed E-state index contributed by atoms with van der Waals surface area (Å²) in [5, 5.41) is 13.0. The maximum Gasteiger partial charge on any atom is 0.417 e. The smallest absolute Gasteiger partial charge is 0.288 e. The first-order chi connectivity index (χ1) is 12.6. The molecule has 0 heterocycles. The van der Waals surface area contributed by atoms with Crippen molar-refractivity contribution in [3.05, 3.63) is 69.7 Å². The lowest BCUT2D eigenvalue weighted by Crippen LogP contribution is -2.24. The first kappa shape index (κ1) is 20.4. The quantitative estimate of drug-likeness (QED) is 0.468. The van der Waals surface area contributed by atoms with Gasteiger partial charge in [0.2, 0.25) is 0 Å². The maximum atomic E-state index is 13.1. The van der Waals surface area contributed by atoms with Gasteiger partial charge in [-0.2, -0.15) is 18.3 Å². The Bertz CT molecular complexity index is 883. The van der Waals surface area contributed by atoms with E-state index in [9.17, 15) is 22.8 Å². The highest BCUT2D eigenvalue weighted by Crippen LogP contribution is 2.34. The van der Waals surface area contributed by atoms with E-state index in [-0.39, 0.29) is 10.6 Å². The molecule has 2 amide bonds. The molecule has 0 aromatic heterocycles. The van der Waals surface area contributed by atoms with Crippen molar-refractivity contribution in [1.29, 1.82) is 0 Å². The van der Waals surface area contributed by atoms with E-state index in [2.05, 4.69) is 5.10 Å². The molecule has 142 valence electrons. The van der Waals surface area contributed by atoms with Crippen LogP contribution in [0.4, 0.5) is 13.2 Å². The maximum absolute atomic E-state index is 13.1. The van der Waals surface area contributed by atoms with Crippen LogP contribution in [0.2, 0.25) is 5.02 Å². The largest absolute Gasteiger partial charge is 0.417 e. The third kappa shape index (κ3) is 5.05. The number of amides is 2. The molecule has 2 rings (SSSR count). The number of nitrogens with one attached hydrogen (secondary N) is 1. The molecule has 6 nitrogen and oxygen atoms in total. The van der Waals surface area contributed by atoms with Gasteiger partial charge in [-0.3, -0.25) is 14.8 Å². The monoisotopic (exact) mass is 399 g/mol. The molecule has 2 aromatic rings. The highest BCUT2D eigenvalue weighted by atomic mass is 35.5. The number of hydrazone groups is 1. The number of halogens is 4. The highest BCUT2D eigenvalue weighted by molar-refractivity contribution is 6.30. The summed E-state index contributed by atoms with van der Waals surface area (Å²) in [4.78, 5) is 23.5. The lowest BCUT2D eigenvalue weighted by atomic mass is 10.1.